The monoisotopic (exact) mass is 303 g/mol. The van der Waals surface area contributed by atoms with Crippen molar-refractivity contribution in [1.29, 1.82) is 0 Å². The summed E-state index contributed by atoms with van der Waals surface area (Å²) in [6, 6.07) is 13.5. The smallest absolute Gasteiger partial charge is 0.199 e. The van der Waals surface area contributed by atoms with Gasteiger partial charge >= 0.3 is 0 Å². The summed E-state index contributed by atoms with van der Waals surface area (Å²) in [5.41, 5.74) is 0.252. The van der Waals surface area contributed by atoms with Crippen molar-refractivity contribution < 1.29 is 13.3 Å². The number of nitrogens with zero attached hydrogens (tertiary/aromatic N) is 1. The van der Waals surface area contributed by atoms with Gasteiger partial charge in [-0.2, -0.15) is 0 Å². The minimum atomic E-state index is -3.45. The minimum Gasteiger partial charge on any atom is -0.389 e. The third kappa shape index (κ3) is 2.78. The molecule has 0 fully saturated rings. The van der Waals surface area contributed by atoms with E-state index in [1.165, 1.54) is 0 Å². The lowest BCUT2D eigenvalue weighted by Gasteiger charge is -2.13. The minimum absolute atomic E-state index is 0.0490. The average Bonchev–Trinajstić information content (AvgIpc) is 2.80. The molecule has 5 heteroatoms. The molecule has 1 aliphatic heterocycles. The number of benzene rings is 2. The number of sulfone groups is 1. The van der Waals surface area contributed by atoms with Crippen LogP contribution >= 0.6 is 0 Å². The Morgan fingerprint density at radius 1 is 1.14 bits per heavy atom. The number of oxime groups is 1. The second kappa shape index (κ2) is 4.84. The Bertz CT molecular complexity index is 817. The van der Waals surface area contributed by atoms with Gasteiger partial charge in [-0.3, -0.25) is 0 Å². The van der Waals surface area contributed by atoms with Crippen molar-refractivity contribution in [3.63, 3.8) is 0 Å². The Labute approximate surface area is 124 Å². The zero-order chi connectivity index (χ0) is 15.1. The van der Waals surface area contributed by atoms with Crippen molar-refractivity contribution in [2.24, 2.45) is 5.16 Å². The SMILES string of the molecule is CC1(C)CC(S(=O)(=O)Cc2cccc3ccccc23)=NO1. The molecule has 0 bridgehead atoms. The van der Waals surface area contributed by atoms with Gasteiger partial charge in [0, 0.05) is 6.42 Å². The maximum Gasteiger partial charge on any atom is 0.199 e. The molecule has 0 saturated carbocycles. The Morgan fingerprint density at radius 3 is 2.57 bits per heavy atom. The van der Waals surface area contributed by atoms with E-state index >= 15 is 0 Å². The zero-order valence-electron chi connectivity index (χ0n) is 12.0. The van der Waals surface area contributed by atoms with Crippen molar-refractivity contribution in [3.05, 3.63) is 48.0 Å². The van der Waals surface area contributed by atoms with Crippen LogP contribution in [0.3, 0.4) is 0 Å². The van der Waals surface area contributed by atoms with Crippen LogP contribution in [-0.2, 0) is 20.4 Å². The highest BCUT2D eigenvalue weighted by atomic mass is 32.2. The van der Waals surface area contributed by atoms with E-state index in [2.05, 4.69) is 5.16 Å². The third-order valence-electron chi connectivity index (χ3n) is 3.56. The first-order chi connectivity index (χ1) is 9.87. The Morgan fingerprint density at radius 2 is 1.86 bits per heavy atom. The van der Waals surface area contributed by atoms with Crippen LogP contribution in [0, 0.1) is 0 Å². The molecule has 0 amide bonds. The molecule has 0 aromatic heterocycles. The van der Waals surface area contributed by atoms with Crippen molar-refractivity contribution >= 4 is 25.7 Å². The van der Waals surface area contributed by atoms with Crippen molar-refractivity contribution in [1.82, 2.24) is 0 Å². The fraction of sp³-hybridized carbons (Fsp3) is 0.312. The summed E-state index contributed by atoms with van der Waals surface area (Å²) in [5.74, 6) is -0.0490. The van der Waals surface area contributed by atoms with Crippen LogP contribution < -0.4 is 0 Å². The van der Waals surface area contributed by atoms with Crippen LogP contribution in [0.15, 0.2) is 47.6 Å². The summed E-state index contributed by atoms with van der Waals surface area (Å²) >= 11 is 0. The Hall–Kier alpha value is -1.88. The number of hydrogen-bond donors (Lipinski definition) is 0. The molecule has 4 nitrogen and oxygen atoms in total. The number of hydrogen-bond acceptors (Lipinski definition) is 4. The normalized spacial score (nSPS) is 17.5. The molecular weight excluding hydrogens is 286 g/mol. The quantitative estimate of drug-likeness (QED) is 0.855. The standard InChI is InChI=1S/C16H17NO3S/c1-16(2)10-15(17-20-16)21(18,19)11-13-8-5-7-12-6-3-4-9-14(12)13/h3-9H,10-11H2,1-2H3. The topological polar surface area (TPSA) is 55.7 Å². The third-order valence-corrected chi connectivity index (χ3v) is 5.18. The van der Waals surface area contributed by atoms with Crippen LogP contribution in [0.25, 0.3) is 10.8 Å². The maximum atomic E-state index is 12.5. The Balaban J connectivity index is 1.95. The van der Waals surface area contributed by atoms with E-state index in [0.717, 1.165) is 16.3 Å². The Kier molecular flexibility index (Phi) is 3.24. The second-order valence-corrected chi connectivity index (χ2v) is 7.90. The first kappa shape index (κ1) is 14.1. The second-order valence-electron chi connectivity index (χ2n) is 5.91. The van der Waals surface area contributed by atoms with Crippen molar-refractivity contribution in [2.45, 2.75) is 31.6 Å². The summed E-state index contributed by atoms with van der Waals surface area (Å²) in [5, 5.41) is 5.90. The molecular formula is C16H17NO3S. The molecule has 3 rings (SSSR count). The highest BCUT2D eigenvalue weighted by molar-refractivity contribution is 8.05. The summed E-state index contributed by atoms with van der Waals surface area (Å²) in [4.78, 5) is 5.17. The van der Waals surface area contributed by atoms with E-state index in [1.54, 1.807) is 0 Å². The molecule has 0 unspecified atom stereocenters. The molecule has 110 valence electrons. The lowest BCUT2D eigenvalue weighted by atomic mass is 10.1. The van der Waals surface area contributed by atoms with Crippen LogP contribution in [0.2, 0.25) is 0 Å². The number of fused-ring (bicyclic) bond motifs is 1. The zero-order valence-corrected chi connectivity index (χ0v) is 12.9. The van der Waals surface area contributed by atoms with E-state index in [-0.39, 0.29) is 10.8 Å². The van der Waals surface area contributed by atoms with Crippen LogP contribution in [-0.4, -0.2) is 19.1 Å². The lowest BCUT2D eigenvalue weighted by molar-refractivity contribution is 0.0123. The molecule has 0 N–H and O–H groups in total. The van der Waals surface area contributed by atoms with Crippen molar-refractivity contribution in [3.8, 4) is 0 Å². The molecule has 0 saturated heterocycles. The highest BCUT2D eigenvalue weighted by Gasteiger charge is 2.36. The van der Waals surface area contributed by atoms with E-state index in [9.17, 15) is 8.42 Å². The molecule has 21 heavy (non-hydrogen) atoms. The number of rotatable bonds is 2. The summed E-state index contributed by atoms with van der Waals surface area (Å²) < 4.78 is 25.0. The van der Waals surface area contributed by atoms with Gasteiger partial charge < -0.3 is 4.84 Å². The molecule has 1 aliphatic rings. The van der Waals surface area contributed by atoms with Gasteiger partial charge in [-0.1, -0.05) is 47.6 Å². The first-order valence-electron chi connectivity index (χ1n) is 6.82. The summed E-state index contributed by atoms with van der Waals surface area (Å²) in [6.07, 6.45) is 0.320. The largest absolute Gasteiger partial charge is 0.389 e. The lowest BCUT2D eigenvalue weighted by Crippen LogP contribution is -2.23. The van der Waals surface area contributed by atoms with Gasteiger partial charge in [0.1, 0.15) is 5.60 Å². The molecule has 2 aromatic carbocycles. The molecule has 0 atom stereocenters. The maximum absolute atomic E-state index is 12.5. The fourth-order valence-electron chi connectivity index (χ4n) is 2.48. The highest BCUT2D eigenvalue weighted by Crippen LogP contribution is 2.27. The molecule has 0 radical (unpaired) electrons. The van der Waals surface area contributed by atoms with Crippen LogP contribution in [0.4, 0.5) is 0 Å². The van der Waals surface area contributed by atoms with Crippen molar-refractivity contribution in [2.75, 3.05) is 0 Å². The van der Waals surface area contributed by atoms with Gasteiger partial charge in [-0.15, -0.1) is 0 Å². The van der Waals surface area contributed by atoms with Gasteiger partial charge in [-0.05, 0) is 30.2 Å². The predicted octanol–water partition coefficient (Wildman–Crippen LogP) is 3.27. The molecule has 2 aromatic rings. The van der Waals surface area contributed by atoms with Crippen LogP contribution in [0.5, 0.6) is 0 Å². The van der Waals surface area contributed by atoms with Gasteiger partial charge in [0.2, 0.25) is 0 Å². The predicted molar refractivity (Wildman–Crippen MR) is 83.8 cm³/mol. The first-order valence-corrected chi connectivity index (χ1v) is 8.47. The van der Waals surface area contributed by atoms with E-state index in [1.807, 2.05) is 56.3 Å². The molecule has 1 heterocycles. The van der Waals surface area contributed by atoms with Crippen LogP contribution in [0.1, 0.15) is 25.8 Å². The summed E-state index contributed by atoms with van der Waals surface area (Å²) in [7, 11) is -3.45. The van der Waals surface area contributed by atoms with E-state index in [0.29, 0.717) is 6.42 Å². The van der Waals surface area contributed by atoms with E-state index < -0.39 is 15.4 Å². The molecule has 0 aliphatic carbocycles. The fourth-order valence-corrected chi connectivity index (χ4v) is 4.02. The van der Waals surface area contributed by atoms with Gasteiger partial charge in [0.05, 0.1) is 5.75 Å². The van der Waals surface area contributed by atoms with Gasteiger partial charge in [0.15, 0.2) is 14.9 Å². The van der Waals surface area contributed by atoms with E-state index in [4.69, 9.17) is 4.84 Å². The average molecular weight is 303 g/mol. The van der Waals surface area contributed by atoms with Gasteiger partial charge in [-0.25, -0.2) is 8.42 Å². The summed E-state index contributed by atoms with van der Waals surface area (Å²) in [6.45, 7) is 3.66. The molecule has 0 spiro atoms. The van der Waals surface area contributed by atoms with Gasteiger partial charge in [0.25, 0.3) is 0 Å².